The molecule has 2 aromatic carbocycles. The van der Waals surface area contributed by atoms with Crippen molar-refractivity contribution in [1.82, 2.24) is 0 Å². The predicted octanol–water partition coefficient (Wildman–Crippen LogP) is 3.14. The van der Waals surface area contributed by atoms with Crippen LogP contribution in [0.15, 0.2) is 42.5 Å². The van der Waals surface area contributed by atoms with Gasteiger partial charge in [-0.05, 0) is 43.2 Å². The summed E-state index contributed by atoms with van der Waals surface area (Å²) < 4.78 is 5.08. The van der Waals surface area contributed by atoms with Crippen molar-refractivity contribution < 1.29 is 14.3 Å². The largest absolute Gasteiger partial charge is 0.452 e. The molecule has 0 aliphatic rings. The average molecular weight is 312 g/mol. The van der Waals surface area contributed by atoms with Crippen LogP contribution in [0.5, 0.6) is 0 Å². The number of rotatable bonds is 5. The Morgan fingerprint density at radius 2 is 1.70 bits per heavy atom. The lowest BCUT2D eigenvalue weighted by Crippen LogP contribution is -2.21. The van der Waals surface area contributed by atoms with Crippen molar-refractivity contribution >= 4 is 23.3 Å². The standard InChI is InChI=1S/C18H20N2O3/c1-12-7-6-10-15(13(12)2)20-17(21)11-23-18(22)14-8-4-5-9-16(14)19-3/h4-10,19H,11H2,1-3H3,(H,20,21). The molecule has 1 amide bonds. The molecule has 0 bridgehead atoms. The number of aryl methyl sites for hydroxylation is 1. The van der Waals surface area contributed by atoms with Crippen LogP contribution < -0.4 is 10.6 Å². The van der Waals surface area contributed by atoms with Crippen LogP contribution in [-0.4, -0.2) is 25.5 Å². The molecular formula is C18H20N2O3. The minimum absolute atomic E-state index is 0.329. The van der Waals surface area contributed by atoms with Crippen LogP contribution in [0.25, 0.3) is 0 Å². The van der Waals surface area contributed by atoms with Gasteiger partial charge in [0.1, 0.15) is 0 Å². The Labute approximate surface area is 135 Å². The topological polar surface area (TPSA) is 67.4 Å². The smallest absolute Gasteiger partial charge is 0.340 e. The van der Waals surface area contributed by atoms with E-state index in [9.17, 15) is 9.59 Å². The Bertz CT molecular complexity index is 726. The third kappa shape index (κ3) is 4.10. The summed E-state index contributed by atoms with van der Waals surface area (Å²) >= 11 is 0. The molecule has 0 heterocycles. The second-order valence-electron chi connectivity index (χ2n) is 5.17. The van der Waals surface area contributed by atoms with Crippen LogP contribution in [0.4, 0.5) is 11.4 Å². The fourth-order valence-corrected chi connectivity index (χ4v) is 2.16. The van der Waals surface area contributed by atoms with Crippen molar-refractivity contribution in [2.45, 2.75) is 13.8 Å². The maximum atomic E-state index is 12.1. The van der Waals surface area contributed by atoms with Crippen molar-refractivity contribution in [2.75, 3.05) is 24.3 Å². The summed E-state index contributed by atoms with van der Waals surface area (Å²) in [6, 6.07) is 12.6. The number of para-hydroxylation sites is 1. The number of ether oxygens (including phenoxy) is 1. The van der Waals surface area contributed by atoms with E-state index in [1.54, 1.807) is 25.2 Å². The molecule has 0 saturated heterocycles. The summed E-state index contributed by atoms with van der Waals surface area (Å²) in [5.41, 5.74) is 3.86. The van der Waals surface area contributed by atoms with Crippen molar-refractivity contribution in [3.05, 3.63) is 59.2 Å². The maximum absolute atomic E-state index is 12.1. The summed E-state index contributed by atoms with van der Waals surface area (Å²) in [6.07, 6.45) is 0. The number of benzene rings is 2. The Morgan fingerprint density at radius 3 is 2.43 bits per heavy atom. The van der Waals surface area contributed by atoms with Crippen LogP contribution in [0.1, 0.15) is 21.5 Å². The van der Waals surface area contributed by atoms with Gasteiger partial charge in [0.2, 0.25) is 0 Å². The third-order valence-electron chi connectivity index (χ3n) is 3.63. The molecule has 0 aromatic heterocycles. The molecule has 0 atom stereocenters. The summed E-state index contributed by atoms with van der Waals surface area (Å²) in [5, 5.41) is 5.67. The zero-order chi connectivity index (χ0) is 16.8. The van der Waals surface area contributed by atoms with Crippen molar-refractivity contribution in [3.8, 4) is 0 Å². The first kappa shape index (κ1) is 16.5. The van der Waals surface area contributed by atoms with E-state index in [0.717, 1.165) is 16.8 Å². The van der Waals surface area contributed by atoms with Gasteiger partial charge in [0.25, 0.3) is 5.91 Å². The number of hydrogen-bond donors (Lipinski definition) is 2. The van der Waals surface area contributed by atoms with Crippen molar-refractivity contribution in [3.63, 3.8) is 0 Å². The number of nitrogens with one attached hydrogen (secondary N) is 2. The number of amides is 1. The normalized spacial score (nSPS) is 10.0. The Balaban J connectivity index is 1.96. The Hall–Kier alpha value is -2.82. The molecule has 23 heavy (non-hydrogen) atoms. The van der Waals surface area contributed by atoms with E-state index >= 15 is 0 Å². The van der Waals surface area contributed by atoms with Crippen LogP contribution >= 0.6 is 0 Å². The molecule has 5 heteroatoms. The molecule has 5 nitrogen and oxygen atoms in total. The summed E-state index contributed by atoms with van der Waals surface area (Å²) in [7, 11) is 1.72. The molecule has 0 unspecified atom stereocenters. The van der Waals surface area contributed by atoms with E-state index in [0.29, 0.717) is 11.3 Å². The van der Waals surface area contributed by atoms with Gasteiger partial charge in [-0.25, -0.2) is 4.79 Å². The molecule has 0 fully saturated rings. The zero-order valence-corrected chi connectivity index (χ0v) is 13.5. The first-order valence-electron chi connectivity index (χ1n) is 7.33. The molecule has 2 N–H and O–H groups in total. The van der Waals surface area contributed by atoms with E-state index in [-0.39, 0.29) is 12.5 Å². The molecule has 0 aliphatic carbocycles. The van der Waals surface area contributed by atoms with Gasteiger partial charge in [-0.1, -0.05) is 24.3 Å². The second-order valence-corrected chi connectivity index (χ2v) is 5.17. The van der Waals surface area contributed by atoms with Gasteiger partial charge < -0.3 is 15.4 Å². The fraction of sp³-hybridized carbons (Fsp3) is 0.222. The zero-order valence-electron chi connectivity index (χ0n) is 13.5. The van der Waals surface area contributed by atoms with Crippen LogP contribution in [0.2, 0.25) is 0 Å². The summed E-state index contributed by atoms with van der Waals surface area (Å²) in [4.78, 5) is 24.0. The average Bonchev–Trinajstić information content (AvgIpc) is 2.56. The molecule has 2 aromatic rings. The van der Waals surface area contributed by atoms with E-state index in [4.69, 9.17) is 4.74 Å². The van der Waals surface area contributed by atoms with E-state index in [1.165, 1.54) is 0 Å². The van der Waals surface area contributed by atoms with E-state index in [2.05, 4.69) is 10.6 Å². The molecule has 0 radical (unpaired) electrons. The minimum atomic E-state index is -0.536. The second kappa shape index (κ2) is 7.45. The lowest BCUT2D eigenvalue weighted by atomic mass is 10.1. The maximum Gasteiger partial charge on any atom is 0.340 e. The lowest BCUT2D eigenvalue weighted by molar-refractivity contribution is -0.119. The highest BCUT2D eigenvalue weighted by atomic mass is 16.5. The molecular weight excluding hydrogens is 292 g/mol. The molecule has 120 valence electrons. The van der Waals surface area contributed by atoms with Gasteiger partial charge in [-0.15, -0.1) is 0 Å². The van der Waals surface area contributed by atoms with E-state index < -0.39 is 5.97 Å². The highest BCUT2D eigenvalue weighted by molar-refractivity contribution is 5.98. The van der Waals surface area contributed by atoms with E-state index in [1.807, 2.05) is 38.1 Å². The van der Waals surface area contributed by atoms with Crippen LogP contribution in [-0.2, 0) is 9.53 Å². The number of anilines is 2. The van der Waals surface area contributed by atoms with Crippen molar-refractivity contribution in [2.24, 2.45) is 0 Å². The number of carbonyl (C=O) groups excluding carboxylic acids is 2. The predicted molar refractivity (Wildman–Crippen MR) is 90.8 cm³/mol. The van der Waals surface area contributed by atoms with Crippen LogP contribution in [0.3, 0.4) is 0 Å². The fourth-order valence-electron chi connectivity index (χ4n) is 2.16. The molecule has 2 rings (SSSR count). The molecule has 0 saturated carbocycles. The molecule has 0 spiro atoms. The first-order valence-corrected chi connectivity index (χ1v) is 7.33. The number of hydrogen-bond acceptors (Lipinski definition) is 4. The number of esters is 1. The summed E-state index contributed by atoms with van der Waals surface area (Å²) in [6.45, 7) is 3.57. The van der Waals surface area contributed by atoms with Gasteiger partial charge in [0, 0.05) is 18.4 Å². The van der Waals surface area contributed by atoms with Crippen molar-refractivity contribution in [1.29, 1.82) is 0 Å². The van der Waals surface area contributed by atoms with Gasteiger partial charge >= 0.3 is 5.97 Å². The number of carbonyl (C=O) groups is 2. The SMILES string of the molecule is CNc1ccccc1C(=O)OCC(=O)Nc1cccc(C)c1C. The third-order valence-corrected chi connectivity index (χ3v) is 3.63. The first-order chi connectivity index (χ1) is 11.0. The highest BCUT2D eigenvalue weighted by Gasteiger charge is 2.14. The highest BCUT2D eigenvalue weighted by Crippen LogP contribution is 2.18. The lowest BCUT2D eigenvalue weighted by Gasteiger charge is -2.11. The van der Waals surface area contributed by atoms with Gasteiger partial charge in [-0.3, -0.25) is 4.79 Å². The quantitative estimate of drug-likeness (QED) is 0.832. The minimum Gasteiger partial charge on any atom is -0.452 e. The Morgan fingerprint density at radius 1 is 1.00 bits per heavy atom. The van der Waals surface area contributed by atoms with Gasteiger partial charge in [0.05, 0.1) is 5.56 Å². The monoisotopic (exact) mass is 312 g/mol. The Kier molecular flexibility index (Phi) is 5.36. The van der Waals surface area contributed by atoms with Gasteiger partial charge in [0.15, 0.2) is 6.61 Å². The van der Waals surface area contributed by atoms with Gasteiger partial charge in [-0.2, -0.15) is 0 Å². The van der Waals surface area contributed by atoms with Crippen LogP contribution in [0, 0.1) is 13.8 Å². The molecule has 0 aliphatic heterocycles. The summed E-state index contributed by atoms with van der Waals surface area (Å²) in [5.74, 6) is -0.903.